The Labute approximate surface area is 150 Å². The summed E-state index contributed by atoms with van der Waals surface area (Å²) >= 11 is 0. The zero-order valence-electron chi connectivity index (χ0n) is 14.2. The molecular weight excluding hydrogens is 356 g/mol. The largest absolute Gasteiger partial charge is 0.456 e. The molecule has 0 atom stereocenters. The van der Waals surface area contributed by atoms with Crippen LogP contribution in [0.1, 0.15) is 29.3 Å². The second-order valence-corrected chi connectivity index (χ2v) is 7.27. The molecule has 0 aromatic heterocycles. The Morgan fingerprint density at radius 3 is 2.12 bits per heavy atom. The average molecular weight is 372 g/mol. The van der Waals surface area contributed by atoms with E-state index in [1.165, 1.54) is 36.4 Å². The Morgan fingerprint density at radius 2 is 1.62 bits per heavy atom. The van der Waals surface area contributed by atoms with Crippen LogP contribution in [0.15, 0.2) is 53.4 Å². The lowest BCUT2D eigenvalue weighted by Crippen LogP contribution is -2.26. The van der Waals surface area contributed by atoms with E-state index in [2.05, 4.69) is 4.79 Å². The standard InChI is InChI=1S/C18H16N2O5S/c1-3-16(21)25-14-8-10-15(11-9-14)26(23,24)18(20-19)17(22)13-6-4-12(2)5-7-13/h4-11H,3H2,1-2H3. The van der Waals surface area contributed by atoms with Gasteiger partial charge in [0.25, 0.3) is 15.6 Å². The number of hydrogen-bond acceptors (Lipinski definition) is 5. The highest BCUT2D eigenvalue weighted by atomic mass is 32.2. The fourth-order valence-corrected chi connectivity index (χ4v) is 3.24. The quantitative estimate of drug-likeness (QED) is 0.152. The molecule has 0 aliphatic heterocycles. The Hall–Kier alpha value is -3.09. The van der Waals surface area contributed by atoms with Crippen molar-refractivity contribution >= 4 is 26.6 Å². The van der Waals surface area contributed by atoms with E-state index in [1.54, 1.807) is 19.1 Å². The molecule has 7 nitrogen and oxygen atoms in total. The van der Waals surface area contributed by atoms with Gasteiger partial charge < -0.3 is 10.3 Å². The monoisotopic (exact) mass is 372 g/mol. The number of carbonyl (C=O) groups is 2. The van der Waals surface area contributed by atoms with E-state index in [0.29, 0.717) is 0 Å². The Bertz CT molecular complexity index is 987. The zero-order chi connectivity index (χ0) is 19.3. The summed E-state index contributed by atoms with van der Waals surface area (Å²) in [5, 5.41) is -0.986. The minimum atomic E-state index is -4.35. The number of aryl methyl sites for hydroxylation is 1. The average Bonchev–Trinajstić information content (AvgIpc) is 2.63. The molecule has 0 radical (unpaired) electrons. The predicted molar refractivity (Wildman–Crippen MR) is 93.7 cm³/mol. The molecule has 2 aromatic carbocycles. The lowest BCUT2D eigenvalue weighted by Gasteiger charge is -2.04. The molecule has 2 aromatic rings. The summed E-state index contributed by atoms with van der Waals surface area (Å²) in [6.07, 6.45) is 0.173. The number of benzene rings is 2. The molecule has 0 aliphatic rings. The minimum absolute atomic E-state index is 0.0838. The second-order valence-electron chi connectivity index (χ2n) is 5.40. The normalized spacial score (nSPS) is 10.7. The van der Waals surface area contributed by atoms with Crippen LogP contribution in [0.4, 0.5) is 0 Å². The fraction of sp³-hybridized carbons (Fsp3) is 0.167. The van der Waals surface area contributed by atoms with Crippen molar-refractivity contribution < 1.29 is 27.5 Å². The van der Waals surface area contributed by atoms with Gasteiger partial charge >= 0.3 is 11.0 Å². The van der Waals surface area contributed by atoms with Crippen LogP contribution in [0.3, 0.4) is 0 Å². The summed E-state index contributed by atoms with van der Waals surface area (Å²) in [5.41, 5.74) is 10.1. The van der Waals surface area contributed by atoms with E-state index in [1.807, 2.05) is 6.92 Å². The van der Waals surface area contributed by atoms with E-state index in [0.717, 1.165) is 5.56 Å². The maximum atomic E-state index is 12.6. The smallest absolute Gasteiger partial charge is 0.427 e. The second kappa shape index (κ2) is 7.86. The molecule has 0 spiro atoms. The SMILES string of the molecule is CCC(=O)Oc1ccc(S(=O)(=O)C(=[N+]=[N-])C(=O)c2ccc(C)cc2)cc1. The first kappa shape index (κ1) is 19.2. The third-order valence-electron chi connectivity index (χ3n) is 3.51. The summed E-state index contributed by atoms with van der Waals surface area (Å²) in [5.74, 6) is -1.22. The zero-order valence-corrected chi connectivity index (χ0v) is 15.0. The third kappa shape index (κ3) is 4.11. The van der Waals surface area contributed by atoms with Gasteiger partial charge in [0.2, 0.25) is 0 Å². The van der Waals surface area contributed by atoms with Crippen molar-refractivity contribution in [2.45, 2.75) is 25.2 Å². The van der Waals surface area contributed by atoms with E-state index < -0.39 is 26.6 Å². The molecule has 0 heterocycles. The minimum Gasteiger partial charge on any atom is -0.427 e. The number of sulfone groups is 1. The number of Topliss-reactive ketones (excluding diaryl/α,β-unsaturated/α-hetero) is 1. The number of rotatable bonds is 5. The van der Waals surface area contributed by atoms with Crippen molar-refractivity contribution in [1.29, 1.82) is 0 Å². The molecule has 0 saturated heterocycles. The molecule has 26 heavy (non-hydrogen) atoms. The van der Waals surface area contributed by atoms with Gasteiger partial charge in [0.05, 0.1) is 4.90 Å². The molecule has 0 bridgehead atoms. The fourth-order valence-electron chi connectivity index (χ4n) is 2.05. The topological polar surface area (TPSA) is 114 Å². The number of carbonyl (C=O) groups excluding carboxylic acids is 2. The van der Waals surface area contributed by atoms with Gasteiger partial charge in [-0.2, -0.15) is 0 Å². The Kier molecular flexibility index (Phi) is 5.82. The molecule has 0 saturated carbocycles. The maximum absolute atomic E-state index is 12.6. The molecule has 8 heteroatoms. The molecule has 0 unspecified atom stereocenters. The van der Waals surface area contributed by atoms with Crippen molar-refractivity contribution in [3.8, 4) is 5.75 Å². The molecule has 134 valence electrons. The van der Waals surface area contributed by atoms with E-state index >= 15 is 0 Å². The highest BCUT2D eigenvalue weighted by Gasteiger charge is 2.38. The highest BCUT2D eigenvalue weighted by Crippen LogP contribution is 2.19. The summed E-state index contributed by atoms with van der Waals surface area (Å²) < 4.78 is 30.2. The van der Waals surface area contributed by atoms with Crippen molar-refractivity contribution in [3.63, 3.8) is 0 Å². The van der Waals surface area contributed by atoms with Crippen LogP contribution in [-0.2, 0) is 14.6 Å². The van der Waals surface area contributed by atoms with E-state index in [-0.39, 0.29) is 22.6 Å². The molecular formula is C18H16N2O5S. The summed E-state index contributed by atoms with van der Waals surface area (Å²) in [7, 11) is -4.35. The van der Waals surface area contributed by atoms with E-state index in [4.69, 9.17) is 10.3 Å². The maximum Gasteiger partial charge on any atom is 0.456 e. The van der Waals surface area contributed by atoms with Gasteiger partial charge in [0.1, 0.15) is 5.75 Å². The molecule has 0 fully saturated rings. The summed E-state index contributed by atoms with van der Waals surface area (Å²) in [4.78, 5) is 26.1. The van der Waals surface area contributed by atoms with Crippen LogP contribution in [0.2, 0.25) is 0 Å². The lowest BCUT2D eigenvalue weighted by molar-refractivity contribution is -0.134. The predicted octanol–water partition coefficient (Wildman–Crippen LogP) is 2.60. The summed E-state index contributed by atoms with van der Waals surface area (Å²) in [6, 6.07) is 11.1. The Balaban J connectivity index is 2.35. The molecule has 0 amide bonds. The van der Waals surface area contributed by atoms with Gasteiger partial charge in [-0.25, -0.2) is 8.42 Å². The van der Waals surface area contributed by atoms with Crippen LogP contribution in [0.5, 0.6) is 5.75 Å². The lowest BCUT2D eigenvalue weighted by atomic mass is 10.1. The van der Waals surface area contributed by atoms with E-state index in [9.17, 15) is 18.0 Å². The molecule has 0 aliphatic carbocycles. The van der Waals surface area contributed by atoms with Gasteiger partial charge in [0.15, 0.2) is 0 Å². The van der Waals surface area contributed by atoms with Crippen molar-refractivity contribution in [2.75, 3.05) is 0 Å². The van der Waals surface area contributed by atoms with Gasteiger partial charge in [-0.1, -0.05) is 36.8 Å². The van der Waals surface area contributed by atoms with Crippen molar-refractivity contribution in [3.05, 3.63) is 65.2 Å². The van der Waals surface area contributed by atoms with Crippen LogP contribution >= 0.6 is 0 Å². The van der Waals surface area contributed by atoms with Gasteiger partial charge in [-0.05, 0) is 31.2 Å². The van der Waals surface area contributed by atoms with Crippen LogP contribution in [0, 0.1) is 6.92 Å². The Morgan fingerprint density at radius 1 is 1.04 bits per heavy atom. The molecule has 2 rings (SSSR count). The first-order chi connectivity index (χ1) is 12.3. The summed E-state index contributed by atoms with van der Waals surface area (Å²) in [6.45, 7) is 3.45. The number of ether oxygens (including phenoxy) is 1. The first-order valence-electron chi connectivity index (χ1n) is 7.69. The highest BCUT2D eigenvalue weighted by molar-refractivity contribution is 8.08. The number of ketones is 1. The number of nitrogens with zero attached hydrogens (tertiary/aromatic N) is 2. The van der Waals surface area contributed by atoms with Gasteiger partial charge in [-0.3, -0.25) is 9.59 Å². The van der Waals surface area contributed by atoms with Crippen molar-refractivity contribution in [2.24, 2.45) is 0 Å². The van der Waals surface area contributed by atoms with Crippen LogP contribution < -0.4 is 4.74 Å². The first-order valence-corrected chi connectivity index (χ1v) is 9.17. The van der Waals surface area contributed by atoms with Gasteiger partial charge in [-0.15, -0.1) is 4.79 Å². The van der Waals surface area contributed by atoms with Crippen LogP contribution in [-0.4, -0.2) is 30.0 Å². The van der Waals surface area contributed by atoms with Gasteiger partial charge in [0, 0.05) is 12.0 Å². The van der Waals surface area contributed by atoms with Crippen LogP contribution in [0.25, 0.3) is 5.53 Å². The van der Waals surface area contributed by atoms with Crippen molar-refractivity contribution in [1.82, 2.24) is 0 Å². The number of esters is 1. The molecule has 0 N–H and O–H groups in total. The number of hydrogen-bond donors (Lipinski definition) is 0. The third-order valence-corrected chi connectivity index (χ3v) is 5.18.